The minimum absolute atomic E-state index is 0.0801. The zero-order chi connectivity index (χ0) is 12.6. The highest BCUT2D eigenvalue weighted by Gasteiger charge is 2.43. The summed E-state index contributed by atoms with van der Waals surface area (Å²) in [5.74, 6) is -1.26. The fraction of sp³-hybridized carbons (Fsp3) is 0.300. The summed E-state index contributed by atoms with van der Waals surface area (Å²) in [5.41, 5.74) is 0.361. The van der Waals surface area contributed by atoms with E-state index in [2.05, 4.69) is 14.8 Å². The van der Waals surface area contributed by atoms with Crippen LogP contribution in [0.5, 0.6) is 11.5 Å². The normalized spacial score (nSPS) is 17.6. The van der Waals surface area contributed by atoms with Crippen LogP contribution >= 0.6 is 0 Å². The Morgan fingerprint density at radius 3 is 2.71 bits per heavy atom. The Balaban J connectivity index is 2.16. The first-order chi connectivity index (χ1) is 7.87. The van der Waals surface area contributed by atoms with Crippen molar-refractivity contribution < 1.29 is 28.2 Å². The maximum Gasteiger partial charge on any atom is 0.586 e. The zero-order valence-corrected chi connectivity index (χ0v) is 8.74. The molecule has 0 radical (unpaired) electrons. The van der Waals surface area contributed by atoms with E-state index in [4.69, 9.17) is 5.11 Å². The molecule has 92 valence electrons. The highest BCUT2D eigenvalue weighted by Crippen LogP contribution is 2.42. The van der Waals surface area contributed by atoms with E-state index in [1.807, 2.05) is 0 Å². The third-order valence-electron chi connectivity index (χ3n) is 2.15. The minimum atomic E-state index is -3.67. The molecular weight excluding hydrogens is 236 g/mol. The molecule has 1 aliphatic heterocycles. The summed E-state index contributed by atoms with van der Waals surface area (Å²) in [6.45, 7) is 1.43. The van der Waals surface area contributed by atoms with Crippen LogP contribution in [0.25, 0.3) is 0 Å². The lowest BCUT2D eigenvalue weighted by Crippen LogP contribution is -2.26. The van der Waals surface area contributed by atoms with Gasteiger partial charge in [-0.15, -0.1) is 8.78 Å². The number of nitrogens with one attached hydrogen (secondary N) is 1. The first kappa shape index (κ1) is 11.4. The molecule has 0 spiro atoms. The van der Waals surface area contributed by atoms with E-state index in [1.54, 1.807) is 0 Å². The highest BCUT2D eigenvalue weighted by atomic mass is 19.3. The molecule has 17 heavy (non-hydrogen) atoms. The van der Waals surface area contributed by atoms with Crippen LogP contribution in [0.1, 0.15) is 6.92 Å². The van der Waals surface area contributed by atoms with Crippen LogP contribution in [0.4, 0.5) is 14.5 Å². The summed E-state index contributed by atoms with van der Waals surface area (Å²) in [6.07, 6.45) is -3.67. The number of carbonyl (C=O) groups is 1. The first-order valence-electron chi connectivity index (χ1n) is 4.76. The van der Waals surface area contributed by atoms with Gasteiger partial charge in [-0.3, -0.25) is 4.79 Å². The molecule has 5 nitrogen and oxygen atoms in total. The number of carboxylic acid groups (broad SMARTS) is 1. The molecule has 2 N–H and O–H groups in total. The number of anilines is 1. The first-order valence-corrected chi connectivity index (χ1v) is 4.76. The lowest BCUT2D eigenvalue weighted by atomic mass is 10.2. The van der Waals surface area contributed by atoms with Gasteiger partial charge in [0.2, 0.25) is 0 Å². The van der Waals surface area contributed by atoms with Crippen LogP contribution in [-0.2, 0) is 4.79 Å². The van der Waals surface area contributed by atoms with Gasteiger partial charge in [-0.25, -0.2) is 0 Å². The molecule has 1 atom stereocenters. The van der Waals surface area contributed by atoms with Crippen LogP contribution in [0.15, 0.2) is 18.2 Å². The summed E-state index contributed by atoms with van der Waals surface area (Å²) in [6, 6.07) is 3.14. The van der Waals surface area contributed by atoms with Gasteiger partial charge in [-0.1, -0.05) is 0 Å². The van der Waals surface area contributed by atoms with Crippen molar-refractivity contribution in [1.29, 1.82) is 0 Å². The quantitative estimate of drug-likeness (QED) is 0.851. The van der Waals surface area contributed by atoms with Crippen LogP contribution in [0.3, 0.4) is 0 Å². The molecular formula is C10H9F2NO4. The summed E-state index contributed by atoms with van der Waals surface area (Å²) in [7, 11) is 0. The van der Waals surface area contributed by atoms with Gasteiger partial charge in [-0.2, -0.15) is 0 Å². The third kappa shape index (κ3) is 2.38. The Hall–Kier alpha value is -2.05. The summed E-state index contributed by atoms with van der Waals surface area (Å²) < 4.78 is 33.8. The molecule has 0 saturated heterocycles. The van der Waals surface area contributed by atoms with E-state index in [-0.39, 0.29) is 11.5 Å². The van der Waals surface area contributed by atoms with E-state index >= 15 is 0 Å². The van der Waals surface area contributed by atoms with Gasteiger partial charge in [0.05, 0.1) is 0 Å². The second kappa shape index (κ2) is 3.76. The molecule has 7 heteroatoms. The number of hydrogen-bond donors (Lipinski definition) is 2. The summed E-state index contributed by atoms with van der Waals surface area (Å²) in [5, 5.41) is 11.3. The molecule has 1 unspecified atom stereocenters. The molecule has 0 bridgehead atoms. The standard InChI is InChI=1S/C10H9F2NO4/c1-5(9(14)15)13-6-2-3-7-8(4-6)17-10(11,12)16-7/h2-5,13H,1H3,(H,14,15). The van der Waals surface area contributed by atoms with Gasteiger partial charge in [0.25, 0.3) is 0 Å². The smallest absolute Gasteiger partial charge is 0.480 e. The number of carboxylic acids is 1. The average Bonchev–Trinajstić information content (AvgIpc) is 2.50. The van der Waals surface area contributed by atoms with Crippen LogP contribution in [-0.4, -0.2) is 23.4 Å². The van der Waals surface area contributed by atoms with Crippen molar-refractivity contribution in [3.63, 3.8) is 0 Å². The van der Waals surface area contributed by atoms with Crippen LogP contribution in [0, 0.1) is 0 Å². The molecule has 1 aromatic rings. The van der Waals surface area contributed by atoms with E-state index < -0.39 is 18.3 Å². The Kier molecular flexibility index (Phi) is 2.53. The van der Waals surface area contributed by atoms with Gasteiger partial charge in [0.15, 0.2) is 11.5 Å². The number of benzene rings is 1. The van der Waals surface area contributed by atoms with E-state index in [0.29, 0.717) is 5.69 Å². The Morgan fingerprint density at radius 1 is 1.41 bits per heavy atom. The average molecular weight is 245 g/mol. The summed E-state index contributed by atoms with van der Waals surface area (Å²) >= 11 is 0. The number of hydrogen-bond acceptors (Lipinski definition) is 4. The Morgan fingerprint density at radius 2 is 2.06 bits per heavy atom. The molecule has 2 rings (SSSR count). The van der Waals surface area contributed by atoms with Crippen molar-refractivity contribution in [1.82, 2.24) is 0 Å². The van der Waals surface area contributed by atoms with Crippen molar-refractivity contribution in [2.45, 2.75) is 19.3 Å². The second-order valence-corrected chi connectivity index (χ2v) is 3.53. The number of halogens is 2. The molecule has 1 heterocycles. The molecule has 0 aromatic heterocycles. The molecule has 0 amide bonds. The monoisotopic (exact) mass is 245 g/mol. The molecule has 0 fully saturated rings. The van der Waals surface area contributed by atoms with Crippen LogP contribution < -0.4 is 14.8 Å². The minimum Gasteiger partial charge on any atom is -0.480 e. The van der Waals surface area contributed by atoms with Gasteiger partial charge < -0.3 is 19.9 Å². The fourth-order valence-corrected chi connectivity index (χ4v) is 1.35. The van der Waals surface area contributed by atoms with Crippen molar-refractivity contribution >= 4 is 11.7 Å². The van der Waals surface area contributed by atoms with Crippen molar-refractivity contribution in [3.05, 3.63) is 18.2 Å². The lowest BCUT2D eigenvalue weighted by Gasteiger charge is -2.10. The van der Waals surface area contributed by atoms with Crippen molar-refractivity contribution in [3.8, 4) is 11.5 Å². The second-order valence-electron chi connectivity index (χ2n) is 3.53. The van der Waals surface area contributed by atoms with Crippen molar-refractivity contribution in [2.75, 3.05) is 5.32 Å². The number of ether oxygens (including phenoxy) is 2. The predicted molar refractivity (Wildman–Crippen MR) is 53.4 cm³/mol. The van der Waals surface area contributed by atoms with E-state index in [1.165, 1.54) is 25.1 Å². The zero-order valence-electron chi connectivity index (χ0n) is 8.74. The SMILES string of the molecule is CC(Nc1ccc2c(c1)OC(F)(F)O2)C(=O)O. The lowest BCUT2D eigenvalue weighted by molar-refractivity contribution is -0.286. The Labute approximate surface area is 94.9 Å². The maximum atomic E-state index is 12.7. The predicted octanol–water partition coefficient (Wildman–Crippen LogP) is 1.89. The number of rotatable bonds is 3. The number of aliphatic carboxylic acids is 1. The van der Waals surface area contributed by atoms with Gasteiger partial charge in [0.1, 0.15) is 6.04 Å². The van der Waals surface area contributed by atoms with Crippen molar-refractivity contribution in [2.24, 2.45) is 0 Å². The van der Waals surface area contributed by atoms with E-state index in [9.17, 15) is 13.6 Å². The fourth-order valence-electron chi connectivity index (χ4n) is 1.35. The largest absolute Gasteiger partial charge is 0.586 e. The number of fused-ring (bicyclic) bond motifs is 1. The number of alkyl halides is 2. The molecule has 0 saturated carbocycles. The molecule has 0 aliphatic carbocycles. The van der Waals surface area contributed by atoms with Gasteiger partial charge >= 0.3 is 12.3 Å². The van der Waals surface area contributed by atoms with Crippen LogP contribution in [0.2, 0.25) is 0 Å². The maximum absolute atomic E-state index is 12.7. The highest BCUT2D eigenvalue weighted by molar-refractivity contribution is 5.77. The Bertz CT molecular complexity index is 464. The summed E-state index contributed by atoms with van der Waals surface area (Å²) in [4.78, 5) is 10.6. The van der Waals surface area contributed by atoms with Gasteiger partial charge in [-0.05, 0) is 19.1 Å². The molecule has 1 aliphatic rings. The van der Waals surface area contributed by atoms with Gasteiger partial charge in [0, 0.05) is 11.8 Å². The van der Waals surface area contributed by atoms with E-state index in [0.717, 1.165) is 0 Å². The third-order valence-corrected chi connectivity index (χ3v) is 2.15. The molecule has 1 aromatic carbocycles. The topological polar surface area (TPSA) is 67.8 Å².